The second kappa shape index (κ2) is 5.43. The Kier molecular flexibility index (Phi) is 3.62. The summed E-state index contributed by atoms with van der Waals surface area (Å²) in [6.07, 6.45) is -0.754. The van der Waals surface area contributed by atoms with Crippen molar-refractivity contribution in [3.8, 4) is 0 Å². The van der Waals surface area contributed by atoms with E-state index < -0.39 is 11.9 Å². The molecule has 2 aromatic rings. The van der Waals surface area contributed by atoms with Gasteiger partial charge in [-0.25, -0.2) is 0 Å². The van der Waals surface area contributed by atoms with E-state index in [1.807, 2.05) is 74.5 Å². The van der Waals surface area contributed by atoms with Gasteiger partial charge in [-0.05, 0) is 19.4 Å². The van der Waals surface area contributed by atoms with Crippen LogP contribution in [0.4, 0.5) is 0 Å². The van der Waals surface area contributed by atoms with E-state index in [0.29, 0.717) is 5.56 Å². The molecule has 1 aliphatic rings. The van der Waals surface area contributed by atoms with Gasteiger partial charge in [0.15, 0.2) is 11.9 Å². The first-order chi connectivity index (χ1) is 10.1. The fourth-order valence-electron chi connectivity index (χ4n) is 2.93. The van der Waals surface area contributed by atoms with Crippen molar-refractivity contribution in [1.29, 1.82) is 0 Å². The highest BCUT2D eigenvalue weighted by Gasteiger charge is 2.53. The van der Waals surface area contributed by atoms with Crippen LogP contribution in [0.15, 0.2) is 60.7 Å². The van der Waals surface area contributed by atoms with Crippen LogP contribution in [-0.4, -0.2) is 18.2 Å². The SMILES string of the molecule is CC1OC(C)C(C(=O)c2ccccc2)(c2ccccc2)O1. The Bertz CT molecular complexity index is 623. The summed E-state index contributed by atoms with van der Waals surface area (Å²) in [5, 5.41) is 0. The lowest BCUT2D eigenvalue weighted by Crippen LogP contribution is -2.43. The van der Waals surface area contributed by atoms with Crippen LogP contribution >= 0.6 is 0 Å². The molecule has 0 aliphatic carbocycles. The van der Waals surface area contributed by atoms with Crippen LogP contribution in [0.2, 0.25) is 0 Å². The monoisotopic (exact) mass is 282 g/mol. The number of carbonyl (C=O) groups is 1. The van der Waals surface area contributed by atoms with E-state index >= 15 is 0 Å². The first-order valence-electron chi connectivity index (χ1n) is 7.13. The fourth-order valence-corrected chi connectivity index (χ4v) is 2.93. The standard InChI is InChI=1S/C18H18O3/c1-13-18(21-14(2)20-13,16-11-7-4-8-12-16)17(19)15-9-5-3-6-10-15/h3-14H,1-2H3. The van der Waals surface area contributed by atoms with E-state index in [0.717, 1.165) is 5.56 Å². The summed E-state index contributed by atoms with van der Waals surface area (Å²) in [7, 11) is 0. The smallest absolute Gasteiger partial charge is 0.202 e. The molecule has 3 nitrogen and oxygen atoms in total. The number of ether oxygens (including phenoxy) is 2. The van der Waals surface area contributed by atoms with Crippen LogP contribution in [0.3, 0.4) is 0 Å². The third-order valence-corrected chi connectivity index (χ3v) is 3.90. The van der Waals surface area contributed by atoms with Crippen molar-refractivity contribution in [3.05, 3.63) is 71.8 Å². The molecule has 0 amide bonds. The highest BCUT2D eigenvalue weighted by atomic mass is 16.7. The number of hydrogen-bond acceptors (Lipinski definition) is 3. The normalized spacial score (nSPS) is 28.5. The molecule has 108 valence electrons. The van der Waals surface area contributed by atoms with Crippen molar-refractivity contribution in [3.63, 3.8) is 0 Å². The van der Waals surface area contributed by atoms with E-state index in [1.54, 1.807) is 0 Å². The maximum Gasteiger partial charge on any atom is 0.202 e. The molecule has 0 aromatic heterocycles. The largest absolute Gasteiger partial charge is 0.346 e. The lowest BCUT2D eigenvalue weighted by atomic mass is 9.82. The van der Waals surface area contributed by atoms with Gasteiger partial charge in [-0.1, -0.05) is 60.7 Å². The average Bonchev–Trinajstić information content (AvgIpc) is 2.84. The molecule has 0 radical (unpaired) electrons. The quantitative estimate of drug-likeness (QED) is 0.808. The van der Waals surface area contributed by atoms with Gasteiger partial charge in [-0.2, -0.15) is 0 Å². The second-order valence-corrected chi connectivity index (χ2v) is 5.26. The van der Waals surface area contributed by atoms with Crippen LogP contribution in [-0.2, 0) is 15.1 Å². The molecule has 3 heteroatoms. The van der Waals surface area contributed by atoms with Crippen molar-refractivity contribution in [2.75, 3.05) is 0 Å². The topological polar surface area (TPSA) is 35.5 Å². The van der Waals surface area contributed by atoms with Gasteiger partial charge in [0.1, 0.15) is 0 Å². The molecule has 0 bridgehead atoms. The third kappa shape index (κ3) is 2.28. The molecule has 0 spiro atoms. The van der Waals surface area contributed by atoms with Crippen molar-refractivity contribution in [2.45, 2.75) is 31.8 Å². The zero-order chi connectivity index (χ0) is 14.9. The molecule has 0 N–H and O–H groups in total. The number of benzene rings is 2. The van der Waals surface area contributed by atoms with Crippen molar-refractivity contribution in [1.82, 2.24) is 0 Å². The van der Waals surface area contributed by atoms with Crippen LogP contribution < -0.4 is 0 Å². The Morgan fingerprint density at radius 1 is 0.952 bits per heavy atom. The first-order valence-corrected chi connectivity index (χ1v) is 7.13. The van der Waals surface area contributed by atoms with Crippen molar-refractivity contribution >= 4 is 5.78 Å². The summed E-state index contributed by atoms with van der Waals surface area (Å²) in [6.45, 7) is 3.71. The highest BCUT2D eigenvalue weighted by molar-refractivity contribution is 6.03. The summed E-state index contributed by atoms with van der Waals surface area (Å²) in [6, 6.07) is 18.8. The van der Waals surface area contributed by atoms with E-state index in [-0.39, 0.29) is 11.9 Å². The Morgan fingerprint density at radius 3 is 2.05 bits per heavy atom. The van der Waals surface area contributed by atoms with Crippen molar-refractivity contribution < 1.29 is 14.3 Å². The van der Waals surface area contributed by atoms with Crippen molar-refractivity contribution in [2.24, 2.45) is 0 Å². The summed E-state index contributed by atoms with van der Waals surface area (Å²) < 4.78 is 11.7. The zero-order valence-corrected chi connectivity index (χ0v) is 12.2. The minimum absolute atomic E-state index is 0.0637. The van der Waals surface area contributed by atoms with Crippen LogP contribution in [0.5, 0.6) is 0 Å². The molecular formula is C18H18O3. The number of ketones is 1. The van der Waals surface area contributed by atoms with Gasteiger partial charge in [0.2, 0.25) is 5.78 Å². The number of Topliss-reactive ketones (excluding diaryl/α,β-unsaturated/α-hetero) is 1. The molecule has 1 fully saturated rings. The van der Waals surface area contributed by atoms with Gasteiger partial charge < -0.3 is 9.47 Å². The molecule has 1 heterocycles. The average molecular weight is 282 g/mol. The van der Waals surface area contributed by atoms with E-state index in [2.05, 4.69) is 0 Å². The minimum atomic E-state index is -1.08. The lowest BCUT2D eigenvalue weighted by molar-refractivity contribution is -0.0682. The van der Waals surface area contributed by atoms with E-state index in [1.165, 1.54) is 0 Å². The predicted molar refractivity (Wildman–Crippen MR) is 80.0 cm³/mol. The Hall–Kier alpha value is -1.97. The van der Waals surface area contributed by atoms with Gasteiger partial charge in [-0.3, -0.25) is 4.79 Å². The second-order valence-electron chi connectivity index (χ2n) is 5.26. The molecule has 3 rings (SSSR count). The lowest BCUT2D eigenvalue weighted by Gasteiger charge is -2.30. The molecule has 2 aromatic carbocycles. The summed E-state index contributed by atoms with van der Waals surface area (Å²) in [5.41, 5.74) is 0.379. The Balaban J connectivity index is 2.12. The van der Waals surface area contributed by atoms with Gasteiger partial charge >= 0.3 is 0 Å². The maximum absolute atomic E-state index is 13.1. The molecule has 3 unspecified atom stereocenters. The molecule has 21 heavy (non-hydrogen) atoms. The predicted octanol–water partition coefficient (Wildman–Crippen LogP) is 3.55. The highest BCUT2D eigenvalue weighted by Crippen LogP contribution is 2.41. The van der Waals surface area contributed by atoms with Gasteiger partial charge in [-0.15, -0.1) is 0 Å². The maximum atomic E-state index is 13.1. The van der Waals surface area contributed by atoms with Gasteiger partial charge in [0, 0.05) is 5.56 Å². The van der Waals surface area contributed by atoms with Gasteiger partial charge in [0.25, 0.3) is 0 Å². The van der Waals surface area contributed by atoms with Crippen LogP contribution in [0.1, 0.15) is 29.8 Å². The van der Waals surface area contributed by atoms with Crippen LogP contribution in [0, 0.1) is 0 Å². The number of carbonyl (C=O) groups excluding carboxylic acids is 1. The van der Waals surface area contributed by atoms with Gasteiger partial charge in [0.05, 0.1) is 6.10 Å². The summed E-state index contributed by atoms with van der Waals surface area (Å²) in [5.74, 6) is -0.0637. The molecule has 1 aliphatic heterocycles. The minimum Gasteiger partial charge on any atom is -0.346 e. The van der Waals surface area contributed by atoms with E-state index in [9.17, 15) is 4.79 Å². The van der Waals surface area contributed by atoms with Crippen LogP contribution in [0.25, 0.3) is 0 Å². The molecule has 0 saturated carbocycles. The Morgan fingerprint density at radius 2 is 1.52 bits per heavy atom. The molecular weight excluding hydrogens is 264 g/mol. The molecule has 3 atom stereocenters. The third-order valence-electron chi connectivity index (χ3n) is 3.90. The summed E-state index contributed by atoms with van der Waals surface area (Å²) >= 11 is 0. The Labute approximate surface area is 124 Å². The summed E-state index contributed by atoms with van der Waals surface area (Å²) in [4.78, 5) is 13.1. The molecule has 1 saturated heterocycles. The van der Waals surface area contributed by atoms with E-state index in [4.69, 9.17) is 9.47 Å². The number of hydrogen-bond donors (Lipinski definition) is 0. The fraction of sp³-hybridized carbons (Fsp3) is 0.278. The number of rotatable bonds is 3. The zero-order valence-electron chi connectivity index (χ0n) is 12.2. The first kappa shape index (κ1) is 14.0.